The molecule has 2 aliphatic rings. The second-order valence-corrected chi connectivity index (χ2v) is 9.70. The third kappa shape index (κ3) is 4.52. The number of piperidine rings is 1. The van der Waals surface area contributed by atoms with Gasteiger partial charge in [-0.1, -0.05) is 18.9 Å². The molecule has 2 fully saturated rings. The van der Waals surface area contributed by atoms with Crippen molar-refractivity contribution in [2.45, 2.75) is 68.8 Å². The van der Waals surface area contributed by atoms with Crippen LogP contribution in [0, 0.1) is 0 Å². The van der Waals surface area contributed by atoms with Crippen LogP contribution < -0.4 is 5.73 Å². The highest BCUT2D eigenvalue weighted by atomic mass is 32.2. The van der Waals surface area contributed by atoms with E-state index in [1.165, 1.54) is 6.07 Å². The summed E-state index contributed by atoms with van der Waals surface area (Å²) in [7, 11) is -3.56. The number of benzene rings is 1. The van der Waals surface area contributed by atoms with Gasteiger partial charge in [0, 0.05) is 37.3 Å². The van der Waals surface area contributed by atoms with Gasteiger partial charge in [0.15, 0.2) is 0 Å². The molecule has 2 aliphatic heterocycles. The zero-order valence-corrected chi connectivity index (χ0v) is 17.0. The number of nitrogens with zero attached hydrogens (tertiary/aromatic N) is 2. The molecule has 1 amide bonds. The van der Waals surface area contributed by atoms with Crippen molar-refractivity contribution >= 4 is 15.9 Å². The minimum atomic E-state index is -3.56. The van der Waals surface area contributed by atoms with Crippen molar-refractivity contribution in [2.75, 3.05) is 19.6 Å². The van der Waals surface area contributed by atoms with Gasteiger partial charge < -0.3 is 10.6 Å². The minimum absolute atomic E-state index is 0.0112. The fraction of sp³-hybridized carbons (Fsp3) is 0.650. The molecule has 6 nitrogen and oxygen atoms in total. The van der Waals surface area contributed by atoms with E-state index in [0.717, 1.165) is 44.9 Å². The molecule has 0 aromatic heterocycles. The topological polar surface area (TPSA) is 83.7 Å². The molecule has 2 unspecified atom stereocenters. The van der Waals surface area contributed by atoms with Gasteiger partial charge in [0.05, 0.1) is 4.90 Å². The lowest BCUT2D eigenvalue weighted by molar-refractivity contribution is 0.0583. The van der Waals surface area contributed by atoms with Crippen LogP contribution in [0.5, 0.6) is 0 Å². The second kappa shape index (κ2) is 8.71. The normalized spacial score (nSPS) is 23.6. The molecule has 2 atom stereocenters. The number of likely N-dealkylation sites (tertiary alicyclic amines) is 1. The number of nitrogens with two attached hydrogens (primary N) is 1. The molecule has 1 aromatic carbocycles. The summed E-state index contributed by atoms with van der Waals surface area (Å²) in [6.45, 7) is 3.71. The number of rotatable bonds is 4. The summed E-state index contributed by atoms with van der Waals surface area (Å²) in [6.07, 6.45) is 6.84. The number of carbonyl (C=O) groups is 1. The monoisotopic (exact) mass is 393 g/mol. The van der Waals surface area contributed by atoms with E-state index in [1.807, 2.05) is 11.8 Å². The smallest absolute Gasteiger partial charge is 0.254 e. The molecule has 7 heteroatoms. The van der Waals surface area contributed by atoms with E-state index in [2.05, 4.69) is 0 Å². The first kappa shape index (κ1) is 20.3. The van der Waals surface area contributed by atoms with E-state index >= 15 is 0 Å². The van der Waals surface area contributed by atoms with Crippen LogP contribution in [0.25, 0.3) is 0 Å². The molecular formula is C20H31N3O3S. The highest BCUT2D eigenvalue weighted by molar-refractivity contribution is 7.89. The Labute approximate surface area is 162 Å². The lowest BCUT2D eigenvalue weighted by Crippen LogP contribution is -2.51. The van der Waals surface area contributed by atoms with E-state index in [4.69, 9.17) is 5.73 Å². The van der Waals surface area contributed by atoms with Gasteiger partial charge in [-0.3, -0.25) is 4.79 Å². The van der Waals surface area contributed by atoms with Gasteiger partial charge in [0.1, 0.15) is 0 Å². The van der Waals surface area contributed by atoms with Gasteiger partial charge in [0.25, 0.3) is 5.91 Å². The molecule has 0 bridgehead atoms. The lowest BCUT2D eigenvalue weighted by atomic mass is 9.96. The van der Waals surface area contributed by atoms with Crippen LogP contribution >= 0.6 is 0 Å². The highest BCUT2D eigenvalue weighted by Crippen LogP contribution is 2.24. The fourth-order valence-corrected chi connectivity index (χ4v) is 5.71. The third-order valence-electron chi connectivity index (χ3n) is 5.70. The van der Waals surface area contributed by atoms with Gasteiger partial charge >= 0.3 is 0 Å². The Morgan fingerprint density at radius 1 is 1.07 bits per heavy atom. The molecule has 0 radical (unpaired) electrons. The van der Waals surface area contributed by atoms with Crippen LogP contribution in [0.3, 0.4) is 0 Å². The van der Waals surface area contributed by atoms with Crippen molar-refractivity contribution in [1.29, 1.82) is 0 Å². The van der Waals surface area contributed by atoms with Gasteiger partial charge in [-0.15, -0.1) is 0 Å². The molecule has 2 heterocycles. The summed E-state index contributed by atoms with van der Waals surface area (Å²) in [5.74, 6) is -0.120. The first-order chi connectivity index (χ1) is 12.9. The van der Waals surface area contributed by atoms with Crippen LogP contribution in [0.15, 0.2) is 29.2 Å². The summed E-state index contributed by atoms with van der Waals surface area (Å²) in [5, 5.41) is 0. The Balaban J connectivity index is 1.85. The van der Waals surface area contributed by atoms with Crippen molar-refractivity contribution < 1.29 is 13.2 Å². The predicted octanol–water partition coefficient (Wildman–Crippen LogP) is 2.59. The quantitative estimate of drug-likeness (QED) is 0.852. The molecule has 0 spiro atoms. The molecule has 27 heavy (non-hydrogen) atoms. The summed E-state index contributed by atoms with van der Waals surface area (Å²) in [5.41, 5.74) is 6.52. The van der Waals surface area contributed by atoms with E-state index < -0.39 is 10.0 Å². The maximum atomic E-state index is 13.1. The number of carbonyl (C=O) groups excluding carboxylic acids is 1. The Hall–Kier alpha value is -1.44. The SMILES string of the molecule is CC(N)C1CCCCN1C(=O)c1cccc(S(=O)(=O)N2CCCCCC2)c1. The van der Waals surface area contributed by atoms with Crippen LogP contribution in [0.2, 0.25) is 0 Å². The lowest BCUT2D eigenvalue weighted by Gasteiger charge is -2.38. The van der Waals surface area contributed by atoms with E-state index in [-0.39, 0.29) is 22.9 Å². The average Bonchev–Trinajstić information content (AvgIpc) is 2.97. The number of hydrogen-bond acceptors (Lipinski definition) is 4. The summed E-state index contributed by atoms with van der Waals surface area (Å²) in [4.78, 5) is 15.1. The molecular weight excluding hydrogens is 362 g/mol. The van der Waals surface area contributed by atoms with E-state index in [0.29, 0.717) is 25.2 Å². The third-order valence-corrected chi connectivity index (χ3v) is 7.60. The van der Waals surface area contributed by atoms with Crippen molar-refractivity contribution in [1.82, 2.24) is 9.21 Å². The number of hydrogen-bond donors (Lipinski definition) is 1. The minimum Gasteiger partial charge on any atom is -0.334 e. The predicted molar refractivity (Wildman–Crippen MR) is 106 cm³/mol. The Kier molecular flexibility index (Phi) is 6.55. The second-order valence-electron chi connectivity index (χ2n) is 7.77. The van der Waals surface area contributed by atoms with Gasteiger partial charge in [-0.05, 0) is 57.2 Å². The molecule has 1 aromatic rings. The maximum absolute atomic E-state index is 13.1. The largest absolute Gasteiger partial charge is 0.334 e. The first-order valence-corrected chi connectivity index (χ1v) is 11.5. The van der Waals surface area contributed by atoms with E-state index in [1.54, 1.807) is 22.5 Å². The van der Waals surface area contributed by atoms with Crippen LogP contribution in [-0.4, -0.2) is 55.2 Å². The summed E-state index contributed by atoms with van der Waals surface area (Å²) < 4.78 is 27.7. The summed E-state index contributed by atoms with van der Waals surface area (Å²) >= 11 is 0. The van der Waals surface area contributed by atoms with Crippen molar-refractivity contribution in [3.05, 3.63) is 29.8 Å². The Morgan fingerprint density at radius 3 is 2.41 bits per heavy atom. The first-order valence-electron chi connectivity index (χ1n) is 10.1. The summed E-state index contributed by atoms with van der Waals surface area (Å²) in [6, 6.07) is 6.42. The van der Waals surface area contributed by atoms with Crippen LogP contribution in [0.1, 0.15) is 62.2 Å². The fourth-order valence-electron chi connectivity index (χ4n) is 4.14. The standard InChI is InChI=1S/C20H31N3O3S/c1-16(21)19-11-4-7-14-23(19)20(24)17-9-8-10-18(15-17)27(25,26)22-12-5-2-3-6-13-22/h8-10,15-16,19H,2-7,11-14,21H2,1H3. The molecule has 2 N–H and O–H groups in total. The molecule has 0 aliphatic carbocycles. The Morgan fingerprint density at radius 2 is 1.74 bits per heavy atom. The van der Waals surface area contributed by atoms with Crippen LogP contribution in [0.4, 0.5) is 0 Å². The average molecular weight is 394 g/mol. The molecule has 150 valence electrons. The van der Waals surface area contributed by atoms with Gasteiger partial charge in [-0.25, -0.2) is 8.42 Å². The number of amides is 1. The molecule has 3 rings (SSSR count). The van der Waals surface area contributed by atoms with E-state index in [9.17, 15) is 13.2 Å². The van der Waals surface area contributed by atoms with Crippen molar-refractivity contribution in [2.24, 2.45) is 5.73 Å². The highest BCUT2D eigenvalue weighted by Gasteiger charge is 2.31. The van der Waals surface area contributed by atoms with Crippen molar-refractivity contribution in [3.8, 4) is 0 Å². The molecule has 2 saturated heterocycles. The maximum Gasteiger partial charge on any atom is 0.254 e. The number of sulfonamides is 1. The zero-order chi connectivity index (χ0) is 19.4. The molecule has 0 saturated carbocycles. The van der Waals surface area contributed by atoms with Crippen molar-refractivity contribution in [3.63, 3.8) is 0 Å². The van der Waals surface area contributed by atoms with Gasteiger partial charge in [0.2, 0.25) is 10.0 Å². The van der Waals surface area contributed by atoms with Crippen LogP contribution in [-0.2, 0) is 10.0 Å². The zero-order valence-electron chi connectivity index (χ0n) is 16.1. The Bertz CT molecular complexity index is 755. The van der Waals surface area contributed by atoms with Gasteiger partial charge in [-0.2, -0.15) is 4.31 Å².